The Morgan fingerprint density at radius 3 is 2.38 bits per heavy atom. The van der Waals surface area contributed by atoms with Gasteiger partial charge >= 0.3 is 5.97 Å². The fourth-order valence-electron chi connectivity index (χ4n) is 2.64. The SMILES string of the molecule is CCC1(C(=O)NCc2ccc(C(=O)O)cc2)CCOCC1. The fraction of sp³-hybridized carbons (Fsp3) is 0.500. The number of rotatable bonds is 5. The van der Waals surface area contributed by atoms with Gasteiger partial charge in [-0.1, -0.05) is 19.1 Å². The van der Waals surface area contributed by atoms with E-state index in [9.17, 15) is 9.59 Å². The first-order valence-electron chi connectivity index (χ1n) is 7.26. The summed E-state index contributed by atoms with van der Waals surface area (Å²) in [6, 6.07) is 6.56. The molecule has 0 unspecified atom stereocenters. The first-order chi connectivity index (χ1) is 10.1. The monoisotopic (exact) mass is 291 g/mol. The average molecular weight is 291 g/mol. The molecule has 5 nitrogen and oxygen atoms in total. The van der Waals surface area contributed by atoms with Gasteiger partial charge in [0.15, 0.2) is 0 Å². The summed E-state index contributed by atoms with van der Waals surface area (Å²) in [6.07, 6.45) is 2.32. The number of hydrogen-bond donors (Lipinski definition) is 2. The van der Waals surface area contributed by atoms with Gasteiger partial charge in [0, 0.05) is 19.8 Å². The Morgan fingerprint density at radius 2 is 1.86 bits per heavy atom. The molecule has 2 N–H and O–H groups in total. The zero-order valence-corrected chi connectivity index (χ0v) is 12.2. The van der Waals surface area contributed by atoms with E-state index in [0.717, 1.165) is 24.8 Å². The Balaban J connectivity index is 1.95. The maximum absolute atomic E-state index is 12.4. The number of amides is 1. The van der Waals surface area contributed by atoms with Crippen molar-refractivity contribution >= 4 is 11.9 Å². The molecule has 1 aromatic carbocycles. The van der Waals surface area contributed by atoms with E-state index < -0.39 is 5.97 Å². The summed E-state index contributed by atoms with van der Waals surface area (Å²) in [4.78, 5) is 23.2. The van der Waals surface area contributed by atoms with E-state index in [1.54, 1.807) is 24.3 Å². The second kappa shape index (κ2) is 6.72. The van der Waals surface area contributed by atoms with Gasteiger partial charge in [-0.3, -0.25) is 4.79 Å². The van der Waals surface area contributed by atoms with Crippen molar-refractivity contribution < 1.29 is 19.4 Å². The van der Waals surface area contributed by atoms with Gasteiger partial charge in [-0.15, -0.1) is 0 Å². The minimum atomic E-state index is -0.947. The lowest BCUT2D eigenvalue weighted by molar-refractivity contribution is -0.137. The first kappa shape index (κ1) is 15.5. The minimum Gasteiger partial charge on any atom is -0.478 e. The van der Waals surface area contributed by atoms with E-state index in [2.05, 4.69) is 5.32 Å². The van der Waals surface area contributed by atoms with Crippen LogP contribution in [0.3, 0.4) is 0 Å². The van der Waals surface area contributed by atoms with Crippen molar-refractivity contribution in [2.45, 2.75) is 32.7 Å². The van der Waals surface area contributed by atoms with Crippen LogP contribution in [0, 0.1) is 5.41 Å². The molecule has 0 atom stereocenters. The molecule has 0 radical (unpaired) electrons. The van der Waals surface area contributed by atoms with Crippen LogP contribution in [-0.2, 0) is 16.1 Å². The Morgan fingerprint density at radius 1 is 1.24 bits per heavy atom. The van der Waals surface area contributed by atoms with Crippen LogP contribution < -0.4 is 5.32 Å². The van der Waals surface area contributed by atoms with Crippen LogP contribution in [0.5, 0.6) is 0 Å². The molecule has 0 bridgehead atoms. The molecule has 2 rings (SSSR count). The number of carboxylic acid groups (broad SMARTS) is 1. The van der Waals surface area contributed by atoms with Gasteiger partial charge in [-0.25, -0.2) is 4.79 Å². The quantitative estimate of drug-likeness (QED) is 0.872. The largest absolute Gasteiger partial charge is 0.478 e. The summed E-state index contributed by atoms with van der Waals surface area (Å²) >= 11 is 0. The predicted molar refractivity (Wildman–Crippen MR) is 78.0 cm³/mol. The zero-order valence-electron chi connectivity index (χ0n) is 12.2. The number of nitrogens with one attached hydrogen (secondary N) is 1. The second-order valence-electron chi connectivity index (χ2n) is 5.43. The summed E-state index contributed by atoms with van der Waals surface area (Å²) in [5.41, 5.74) is 0.824. The third kappa shape index (κ3) is 3.61. The van der Waals surface area contributed by atoms with Gasteiger partial charge in [0.1, 0.15) is 0 Å². The zero-order chi connectivity index (χ0) is 15.3. The van der Waals surface area contributed by atoms with Gasteiger partial charge in [0.05, 0.1) is 11.0 Å². The molecule has 1 fully saturated rings. The van der Waals surface area contributed by atoms with Gasteiger partial charge < -0.3 is 15.2 Å². The van der Waals surface area contributed by atoms with E-state index in [0.29, 0.717) is 19.8 Å². The van der Waals surface area contributed by atoms with Gasteiger partial charge in [-0.05, 0) is 37.0 Å². The third-order valence-corrected chi connectivity index (χ3v) is 4.26. The van der Waals surface area contributed by atoms with Crippen molar-refractivity contribution in [2.24, 2.45) is 5.41 Å². The summed E-state index contributed by atoms with van der Waals surface area (Å²) < 4.78 is 5.34. The maximum Gasteiger partial charge on any atom is 0.335 e. The Hall–Kier alpha value is -1.88. The van der Waals surface area contributed by atoms with Crippen LogP contribution in [0.1, 0.15) is 42.1 Å². The highest BCUT2D eigenvalue weighted by Crippen LogP contribution is 2.34. The molecular formula is C16H21NO4. The van der Waals surface area contributed by atoms with Crippen molar-refractivity contribution in [2.75, 3.05) is 13.2 Å². The fourth-order valence-corrected chi connectivity index (χ4v) is 2.64. The molecule has 21 heavy (non-hydrogen) atoms. The number of benzene rings is 1. The van der Waals surface area contributed by atoms with E-state index in [4.69, 9.17) is 9.84 Å². The molecule has 0 aliphatic carbocycles. The van der Waals surface area contributed by atoms with Crippen LogP contribution in [0.15, 0.2) is 24.3 Å². The number of carbonyl (C=O) groups is 2. The van der Waals surface area contributed by atoms with Crippen molar-refractivity contribution in [3.05, 3.63) is 35.4 Å². The number of hydrogen-bond acceptors (Lipinski definition) is 3. The van der Waals surface area contributed by atoms with Crippen molar-refractivity contribution in [1.29, 1.82) is 0 Å². The highest BCUT2D eigenvalue weighted by Gasteiger charge is 2.37. The van der Waals surface area contributed by atoms with Gasteiger partial charge in [0.2, 0.25) is 5.91 Å². The summed E-state index contributed by atoms with van der Waals surface area (Å²) in [5.74, 6) is -0.881. The Labute approximate surface area is 124 Å². The molecular weight excluding hydrogens is 270 g/mol. The van der Waals surface area contributed by atoms with Crippen molar-refractivity contribution in [3.63, 3.8) is 0 Å². The number of aromatic carboxylic acids is 1. The van der Waals surface area contributed by atoms with E-state index >= 15 is 0 Å². The van der Waals surface area contributed by atoms with Crippen LogP contribution in [0.2, 0.25) is 0 Å². The molecule has 1 aromatic rings. The van der Waals surface area contributed by atoms with Crippen LogP contribution >= 0.6 is 0 Å². The lowest BCUT2D eigenvalue weighted by atomic mass is 9.77. The van der Waals surface area contributed by atoms with Gasteiger partial charge in [0.25, 0.3) is 0 Å². The molecule has 0 saturated carbocycles. The smallest absolute Gasteiger partial charge is 0.335 e. The third-order valence-electron chi connectivity index (χ3n) is 4.26. The number of ether oxygens (including phenoxy) is 1. The topological polar surface area (TPSA) is 75.6 Å². The van der Waals surface area contributed by atoms with Crippen LogP contribution in [0.4, 0.5) is 0 Å². The maximum atomic E-state index is 12.4. The first-order valence-corrected chi connectivity index (χ1v) is 7.26. The molecule has 1 saturated heterocycles. The van der Waals surface area contributed by atoms with Crippen LogP contribution in [0.25, 0.3) is 0 Å². The van der Waals surface area contributed by atoms with Crippen molar-refractivity contribution in [1.82, 2.24) is 5.32 Å². The van der Waals surface area contributed by atoms with Gasteiger partial charge in [-0.2, -0.15) is 0 Å². The Kier molecular flexibility index (Phi) is 4.96. The predicted octanol–water partition coefficient (Wildman–Crippen LogP) is 2.21. The van der Waals surface area contributed by atoms with E-state index in [-0.39, 0.29) is 16.9 Å². The second-order valence-corrected chi connectivity index (χ2v) is 5.43. The van der Waals surface area contributed by atoms with E-state index in [1.165, 1.54) is 0 Å². The molecule has 0 aromatic heterocycles. The molecule has 0 spiro atoms. The van der Waals surface area contributed by atoms with E-state index in [1.807, 2.05) is 6.92 Å². The molecule has 114 valence electrons. The highest BCUT2D eigenvalue weighted by molar-refractivity contribution is 5.87. The molecule has 5 heteroatoms. The molecule has 1 aliphatic heterocycles. The number of carboxylic acids is 1. The number of carbonyl (C=O) groups excluding carboxylic acids is 1. The minimum absolute atomic E-state index is 0.0654. The van der Waals surface area contributed by atoms with Crippen molar-refractivity contribution in [3.8, 4) is 0 Å². The summed E-state index contributed by atoms with van der Waals surface area (Å²) in [6.45, 7) is 3.72. The molecule has 1 aliphatic rings. The lowest BCUT2D eigenvalue weighted by Crippen LogP contribution is -2.44. The average Bonchev–Trinajstić information content (AvgIpc) is 2.53. The highest BCUT2D eigenvalue weighted by atomic mass is 16.5. The standard InChI is InChI=1S/C16H21NO4/c1-2-16(7-9-21-10-8-16)15(20)17-11-12-3-5-13(6-4-12)14(18)19/h3-6H,2,7-11H2,1H3,(H,17,20)(H,18,19). The van der Waals surface area contributed by atoms with Crippen LogP contribution in [-0.4, -0.2) is 30.2 Å². The summed E-state index contributed by atoms with van der Waals surface area (Å²) in [5, 5.41) is 11.8. The normalized spacial score (nSPS) is 17.2. The Bertz CT molecular complexity index is 504. The lowest BCUT2D eigenvalue weighted by Gasteiger charge is -2.34. The molecule has 1 amide bonds. The molecule has 1 heterocycles. The summed E-state index contributed by atoms with van der Waals surface area (Å²) in [7, 11) is 0.